The first-order chi connectivity index (χ1) is 13.1. The topological polar surface area (TPSA) is 37.3 Å². The van der Waals surface area contributed by atoms with E-state index in [1.54, 1.807) is 0 Å². The van der Waals surface area contributed by atoms with Crippen molar-refractivity contribution in [2.75, 3.05) is 0 Å². The Morgan fingerprint density at radius 2 is 1.14 bits per heavy atom. The molecule has 0 spiro atoms. The Morgan fingerprint density at radius 3 is 1.57 bits per heavy atom. The second-order valence-corrected chi connectivity index (χ2v) is 10.3. The average Bonchev–Trinajstić information content (AvgIpc) is 2.60. The molecule has 0 saturated heterocycles. The van der Waals surface area contributed by atoms with Crippen LogP contribution in [0.5, 0.6) is 0 Å². The summed E-state index contributed by atoms with van der Waals surface area (Å²) in [4.78, 5) is 11.2. The Kier molecular flexibility index (Phi) is 10.9. The van der Waals surface area contributed by atoms with Crippen LogP contribution in [-0.2, 0) is 17.6 Å². The van der Waals surface area contributed by atoms with Crippen LogP contribution in [0.2, 0.25) is 0 Å². The molecule has 1 aromatic carbocycles. The quantitative estimate of drug-likeness (QED) is 0.330. The van der Waals surface area contributed by atoms with Crippen LogP contribution in [0.3, 0.4) is 0 Å². The number of hydrogen-bond acceptors (Lipinski definition) is 1. The molecule has 0 aliphatic rings. The SMILES string of the molecule is CC(C)(C)CCCCCCc1ccccc1CCCCCCC(C)(C)C(=O)O. The van der Waals surface area contributed by atoms with Gasteiger partial charge in [0.2, 0.25) is 0 Å². The van der Waals surface area contributed by atoms with E-state index in [-0.39, 0.29) is 0 Å². The van der Waals surface area contributed by atoms with Gasteiger partial charge in [0.25, 0.3) is 0 Å². The Hall–Kier alpha value is -1.31. The van der Waals surface area contributed by atoms with Crippen LogP contribution >= 0.6 is 0 Å². The summed E-state index contributed by atoms with van der Waals surface area (Å²) in [5, 5.41) is 9.18. The predicted molar refractivity (Wildman–Crippen MR) is 121 cm³/mol. The number of carbonyl (C=O) groups is 1. The lowest BCUT2D eigenvalue weighted by Gasteiger charge is -2.18. The summed E-state index contributed by atoms with van der Waals surface area (Å²) in [6, 6.07) is 8.94. The normalized spacial score (nSPS) is 12.3. The first-order valence-electron chi connectivity index (χ1n) is 11.4. The van der Waals surface area contributed by atoms with Gasteiger partial charge in [-0.1, -0.05) is 83.6 Å². The van der Waals surface area contributed by atoms with Crippen molar-refractivity contribution in [3.8, 4) is 0 Å². The lowest BCUT2D eigenvalue weighted by Crippen LogP contribution is -2.23. The standard InChI is InChI=1S/C26H44O2/c1-25(2,3)20-14-8-6-10-16-22-18-12-13-19-23(22)17-11-7-9-15-21-26(4,5)24(27)28/h12-13,18-19H,6-11,14-17,20-21H2,1-5H3,(H,27,28). The number of aliphatic carboxylic acids is 1. The molecule has 0 aliphatic carbocycles. The van der Waals surface area contributed by atoms with Gasteiger partial charge in [-0.05, 0) is 68.9 Å². The molecule has 0 fully saturated rings. The maximum Gasteiger partial charge on any atom is 0.309 e. The summed E-state index contributed by atoms with van der Waals surface area (Å²) in [5.41, 5.74) is 2.93. The van der Waals surface area contributed by atoms with Crippen LogP contribution in [0.4, 0.5) is 0 Å². The smallest absolute Gasteiger partial charge is 0.309 e. The second-order valence-electron chi connectivity index (χ2n) is 10.3. The van der Waals surface area contributed by atoms with Crippen molar-refractivity contribution < 1.29 is 9.90 Å². The molecule has 0 amide bonds. The third-order valence-electron chi connectivity index (χ3n) is 5.82. The molecule has 2 nitrogen and oxygen atoms in total. The van der Waals surface area contributed by atoms with Gasteiger partial charge in [-0.3, -0.25) is 4.79 Å². The van der Waals surface area contributed by atoms with Crippen LogP contribution in [0, 0.1) is 10.8 Å². The monoisotopic (exact) mass is 388 g/mol. The van der Waals surface area contributed by atoms with Gasteiger partial charge in [0, 0.05) is 0 Å². The van der Waals surface area contributed by atoms with Gasteiger partial charge in [-0.25, -0.2) is 0 Å². The van der Waals surface area contributed by atoms with Crippen LogP contribution in [-0.4, -0.2) is 11.1 Å². The van der Waals surface area contributed by atoms with Gasteiger partial charge in [0.15, 0.2) is 0 Å². The van der Waals surface area contributed by atoms with Gasteiger partial charge in [-0.2, -0.15) is 0 Å². The number of hydrogen-bond donors (Lipinski definition) is 1. The largest absolute Gasteiger partial charge is 0.481 e. The highest BCUT2D eigenvalue weighted by Crippen LogP contribution is 2.25. The summed E-state index contributed by atoms with van der Waals surface area (Å²) < 4.78 is 0. The summed E-state index contributed by atoms with van der Waals surface area (Å²) in [5.74, 6) is -0.681. The lowest BCUT2D eigenvalue weighted by atomic mass is 9.87. The molecule has 1 rings (SSSR count). The van der Waals surface area contributed by atoms with Crippen molar-refractivity contribution in [2.24, 2.45) is 10.8 Å². The Labute approximate surface area is 174 Å². The van der Waals surface area contributed by atoms with E-state index in [4.69, 9.17) is 0 Å². The van der Waals surface area contributed by atoms with Crippen LogP contribution in [0.1, 0.15) is 110 Å². The third-order valence-corrected chi connectivity index (χ3v) is 5.82. The highest BCUT2D eigenvalue weighted by Gasteiger charge is 2.25. The molecule has 0 heterocycles. The summed E-state index contributed by atoms with van der Waals surface area (Å²) in [6.07, 6.45) is 14.3. The van der Waals surface area contributed by atoms with E-state index in [2.05, 4.69) is 45.0 Å². The molecule has 28 heavy (non-hydrogen) atoms. The molecule has 0 unspecified atom stereocenters. The van der Waals surface area contributed by atoms with Crippen LogP contribution in [0.15, 0.2) is 24.3 Å². The number of benzene rings is 1. The molecule has 0 bridgehead atoms. The molecule has 1 aromatic rings. The van der Waals surface area contributed by atoms with Crippen molar-refractivity contribution in [3.05, 3.63) is 35.4 Å². The zero-order chi connectivity index (χ0) is 21.0. The van der Waals surface area contributed by atoms with E-state index in [9.17, 15) is 9.90 Å². The number of aryl methyl sites for hydroxylation is 2. The maximum atomic E-state index is 11.2. The zero-order valence-corrected chi connectivity index (χ0v) is 19.2. The summed E-state index contributed by atoms with van der Waals surface area (Å²) >= 11 is 0. The highest BCUT2D eigenvalue weighted by molar-refractivity contribution is 5.73. The number of carboxylic acid groups (broad SMARTS) is 1. The maximum absolute atomic E-state index is 11.2. The Balaban J connectivity index is 2.24. The Bertz CT molecular complexity index is 566. The predicted octanol–water partition coefficient (Wildman–Crippen LogP) is 7.83. The van der Waals surface area contributed by atoms with Crippen molar-refractivity contribution in [1.29, 1.82) is 0 Å². The van der Waals surface area contributed by atoms with Gasteiger partial charge < -0.3 is 5.11 Å². The van der Waals surface area contributed by atoms with Crippen molar-refractivity contribution >= 4 is 5.97 Å². The molecule has 1 N–H and O–H groups in total. The lowest BCUT2D eigenvalue weighted by molar-refractivity contribution is -0.147. The van der Waals surface area contributed by atoms with E-state index < -0.39 is 11.4 Å². The first kappa shape index (κ1) is 24.7. The minimum atomic E-state index is -0.681. The Morgan fingerprint density at radius 1 is 0.714 bits per heavy atom. The zero-order valence-electron chi connectivity index (χ0n) is 19.2. The fourth-order valence-electron chi connectivity index (χ4n) is 3.71. The second kappa shape index (κ2) is 12.3. The molecule has 0 saturated carbocycles. The fraction of sp³-hybridized carbons (Fsp3) is 0.731. The van der Waals surface area contributed by atoms with E-state index >= 15 is 0 Å². The number of carboxylic acids is 1. The minimum Gasteiger partial charge on any atom is -0.481 e. The fourth-order valence-corrected chi connectivity index (χ4v) is 3.71. The molecular weight excluding hydrogens is 344 g/mol. The first-order valence-corrected chi connectivity index (χ1v) is 11.4. The van der Waals surface area contributed by atoms with E-state index in [1.165, 1.54) is 62.5 Å². The molecule has 0 aliphatic heterocycles. The van der Waals surface area contributed by atoms with E-state index in [1.807, 2.05) is 13.8 Å². The minimum absolute atomic E-state index is 0.468. The molecule has 160 valence electrons. The number of unbranched alkanes of at least 4 members (excludes halogenated alkanes) is 6. The molecule has 2 heteroatoms. The van der Waals surface area contributed by atoms with Crippen molar-refractivity contribution in [3.63, 3.8) is 0 Å². The van der Waals surface area contributed by atoms with Gasteiger partial charge in [-0.15, -0.1) is 0 Å². The highest BCUT2D eigenvalue weighted by atomic mass is 16.4. The van der Waals surface area contributed by atoms with Crippen molar-refractivity contribution in [2.45, 2.75) is 112 Å². The average molecular weight is 389 g/mol. The van der Waals surface area contributed by atoms with E-state index in [0.717, 1.165) is 25.7 Å². The van der Waals surface area contributed by atoms with Gasteiger partial charge in [0.1, 0.15) is 0 Å². The van der Waals surface area contributed by atoms with Gasteiger partial charge >= 0.3 is 5.97 Å². The number of rotatable bonds is 14. The summed E-state index contributed by atoms with van der Waals surface area (Å²) in [7, 11) is 0. The molecule has 0 atom stereocenters. The molecule has 0 radical (unpaired) electrons. The van der Waals surface area contributed by atoms with Crippen LogP contribution < -0.4 is 0 Å². The third kappa shape index (κ3) is 10.9. The van der Waals surface area contributed by atoms with Gasteiger partial charge in [0.05, 0.1) is 5.41 Å². The molecule has 0 aromatic heterocycles. The summed E-state index contributed by atoms with van der Waals surface area (Å²) in [6.45, 7) is 10.6. The van der Waals surface area contributed by atoms with Crippen molar-refractivity contribution in [1.82, 2.24) is 0 Å². The van der Waals surface area contributed by atoms with E-state index in [0.29, 0.717) is 5.41 Å². The van der Waals surface area contributed by atoms with Crippen LogP contribution in [0.25, 0.3) is 0 Å². The molecular formula is C26H44O2.